The van der Waals surface area contributed by atoms with Crippen LogP contribution in [0.3, 0.4) is 0 Å². The zero-order valence-electron chi connectivity index (χ0n) is 12.4. The van der Waals surface area contributed by atoms with Gasteiger partial charge < -0.3 is 10.1 Å². The SMILES string of the molecule is CC(=O)Nc1sc(C)c(C)c1C(=O)O[C@@H]1CCCCC1=O. The average molecular weight is 309 g/mol. The summed E-state index contributed by atoms with van der Waals surface area (Å²) >= 11 is 1.34. The highest BCUT2D eigenvalue weighted by Gasteiger charge is 2.29. The molecule has 114 valence electrons. The van der Waals surface area contributed by atoms with Crippen LogP contribution in [0.2, 0.25) is 0 Å². The average Bonchev–Trinajstić information content (AvgIpc) is 2.66. The Morgan fingerprint density at radius 3 is 2.62 bits per heavy atom. The molecule has 0 spiro atoms. The van der Waals surface area contributed by atoms with Crippen molar-refractivity contribution in [1.29, 1.82) is 0 Å². The number of esters is 1. The quantitative estimate of drug-likeness (QED) is 0.871. The highest BCUT2D eigenvalue weighted by molar-refractivity contribution is 7.16. The van der Waals surface area contributed by atoms with Gasteiger partial charge in [0.1, 0.15) is 5.00 Å². The van der Waals surface area contributed by atoms with Crippen LogP contribution in [-0.2, 0) is 14.3 Å². The number of amides is 1. The summed E-state index contributed by atoms with van der Waals surface area (Å²) in [4.78, 5) is 36.3. The van der Waals surface area contributed by atoms with E-state index in [1.54, 1.807) is 0 Å². The normalized spacial score (nSPS) is 18.4. The maximum atomic E-state index is 12.4. The van der Waals surface area contributed by atoms with Crippen molar-refractivity contribution in [2.45, 2.75) is 52.6 Å². The number of hydrogen-bond acceptors (Lipinski definition) is 5. The van der Waals surface area contributed by atoms with Crippen LogP contribution in [-0.4, -0.2) is 23.8 Å². The third kappa shape index (κ3) is 3.50. The largest absolute Gasteiger partial charge is 0.451 e. The number of Topliss-reactive ketones (excluding diaryl/α,β-unsaturated/α-hetero) is 1. The van der Waals surface area contributed by atoms with E-state index in [9.17, 15) is 14.4 Å². The lowest BCUT2D eigenvalue weighted by molar-refractivity contribution is -0.130. The Bertz CT molecular complexity index is 591. The Morgan fingerprint density at radius 1 is 1.29 bits per heavy atom. The third-order valence-corrected chi connectivity index (χ3v) is 4.75. The molecule has 1 heterocycles. The van der Waals surface area contributed by atoms with E-state index in [1.165, 1.54) is 18.3 Å². The number of aryl methyl sites for hydroxylation is 1. The zero-order chi connectivity index (χ0) is 15.6. The second-order valence-electron chi connectivity index (χ2n) is 5.27. The minimum Gasteiger partial charge on any atom is -0.451 e. The molecular weight excluding hydrogens is 290 g/mol. The maximum absolute atomic E-state index is 12.4. The van der Waals surface area contributed by atoms with Crippen LogP contribution in [0, 0.1) is 13.8 Å². The number of anilines is 1. The molecule has 1 aliphatic carbocycles. The zero-order valence-corrected chi connectivity index (χ0v) is 13.3. The molecule has 21 heavy (non-hydrogen) atoms. The first-order chi connectivity index (χ1) is 9.90. The molecule has 2 rings (SSSR count). The molecule has 0 bridgehead atoms. The van der Waals surface area contributed by atoms with Crippen molar-refractivity contribution in [3.05, 3.63) is 16.0 Å². The van der Waals surface area contributed by atoms with Crippen molar-refractivity contribution in [2.75, 3.05) is 5.32 Å². The summed E-state index contributed by atoms with van der Waals surface area (Å²) in [6.07, 6.45) is 2.17. The lowest BCUT2D eigenvalue weighted by atomic mass is 9.96. The van der Waals surface area contributed by atoms with Crippen molar-refractivity contribution < 1.29 is 19.1 Å². The Labute approximate surface area is 127 Å². The first kappa shape index (κ1) is 15.7. The van der Waals surface area contributed by atoms with E-state index in [2.05, 4.69) is 5.32 Å². The topological polar surface area (TPSA) is 72.5 Å². The molecule has 1 N–H and O–H groups in total. The monoisotopic (exact) mass is 309 g/mol. The predicted octanol–water partition coefficient (Wildman–Crippen LogP) is 2.99. The number of ketones is 1. The molecule has 0 aliphatic heterocycles. The molecule has 0 saturated heterocycles. The minimum atomic E-state index is -0.643. The van der Waals surface area contributed by atoms with Crippen LogP contribution in [0.5, 0.6) is 0 Å². The van der Waals surface area contributed by atoms with Gasteiger partial charge in [0.2, 0.25) is 5.91 Å². The lowest BCUT2D eigenvalue weighted by Gasteiger charge is -2.21. The Balaban J connectivity index is 2.21. The van der Waals surface area contributed by atoms with E-state index < -0.39 is 12.1 Å². The molecule has 1 amide bonds. The molecule has 1 aromatic heterocycles. The Morgan fingerprint density at radius 2 is 2.00 bits per heavy atom. The molecule has 0 aromatic carbocycles. The van der Waals surface area contributed by atoms with E-state index in [4.69, 9.17) is 4.74 Å². The molecule has 0 radical (unpaired) electrons. The molecule has 1 fully saturated rings. The van der Waals surface area contributed by atoms with Gasteiger partial charge in [0.25, 0.3) is 0 Å². The van der Waals surface area contributed by atoms with Crippen LogP contribution in [0.25, 0.3) is 0 Å². The van der Waals surface area contributed by atoms with Crippen LogP contribution in [0.1, 0.15) is 53.4 Å². The third-order valence-electron chi connectivity index (χ3n) is 3.63. The Hall–Kier alpha value is -1.69. The summed E-state index contributed by atoms with van der Waals surface area (Å²) in [6, 6.07) is 0. The fourth-order valence-corrected chi connectivity index (χ4v) is 3.48. The molecule has 5 nitrogen and oxygen atoms in total. The van der Waals surface area contributed by atoms with Crippen LogP contribution >= 0.6 is 11.3 Å². The van der Waals surface area contributed by atoms with E-state index >= 15 is 0 Å². The van der Waals surface area contributed by atoms with Gasteiger partial charge in [-0.1, -0.05) is 0 Å². The van der Waals surface area contributed by atoms with Crippen LogP contribution < -0.4 is 5.32 Å². The van der Waals surface area contributed by atoms with Crippen molar-refractivity contribution in [2.24, 2.45) is 0 Å². The second kappa shape index (κ2) is 6.39. The summed E-state index contributed by atoms with van der Waals surface area (Å²) in [5.74, 6) is -0.778. The van der Waals surface area contributed by atoms with E-state index in [0.717, 1.165) is 23.3 Å². The molecule has 6 heteroatoms. The number of thiophene rings is 1. The molecule has 1 aromatic rings. The molecule has 1 atom stereocenters. The highest BCUT2D eigenvalue weighted by Crippen LogP contribution is 2.33. The van der Waals surface area contributed by atoms with Crippen LogP contribution in [0.4, 0.5) is 5.00 Å². The van der Waals surface area contributed by atoms with E-state index in [-0.39, 0.29) is 11.7 Å². The van der Waals surface area contributed by atoms with Gasteiger partial charge in [-0.05, 0) is 38.7 Å². The number of hydrogen-bond donors (Lipinski definition) is 1. The first-order valence-electron chi connectivity index (χ1n) is 7.01. The van der Waals surface area contributed by atoms with Crippen molar-refractivity contribution in [3.8, 4) is 0 Å². The van der Waals surface area contributed by atoms with E-state index in [0.29, 0.717) is 23.4 Å². The van der Waals surface area contributed by atoms with Crippen molar-refractivity contribution in [3.63, 3.8) is 0 Å². The number of nitrogens with one attached hydrogen (secondary N) is 1. The summed E-state index contributed by atoms with van der Waals surface area (Å²) in [5.41, 5.74) is 1.16. The number of ether oxygens (including phenoxy) is 1. The molecule has 0 unspecified atom stereocenters. The highest BCUT2D eigenvalue weighted by atomic mass is 32.1. The molecular formula is C15H19NO4S. The fraction of sp³-hybridized carbons (Fsp3) is 0.533. The van der Waals surface area contributed by atoms with Gasteiger partial charge in [0.15, 0.2) is 11.9 Å². The van der Waals surface area contributed by atoms with Crippen molar-refractivity contribution in [1.82, 2.24) is 0 Å². The fourth-order valence-electron chi connectivity index (χ4n) is 2.38. The van der Waals surface area contributed by atoms with Gasteiger partial charge >= 0.3 is 5.97 Å². The summed E-state index contributed by atoms with van der Waals surface area (Å²) in [5, 5.41) is 3.15. The number of rotatable bonds is 3. The van der Waals surface area contributed by atoms with Gasteiger partial charge in [-0.25, -0.2) is 4.79 Å². The first-order valence-corrected chi connectivity index (χ1v) is 7.83. The lowest BCUT2D eigenvalue weighted by Crippen LogP contribution is -2.30. The number of carbonyl (C=O) groups excluding carboxylic acids is 3. The maximum Gasteiger partial charge on any atom is 0.342 e. The van der Waals surface area contributed by atoms with Gasteiger partial charge in [-0.15, -0.1) is 11.3 Å². The van der Waals surface area contributed by atoms with Gasteiger partial charge in [-0.2, -0.15) is 0 Å². The molecule has 1 saturated carbocycles. The summed E-state index contributed by atoms with van der Waals surface area (Å²) < 4.78 is 5.37. The minimum absolute atomic E-state index is 0.0136. The van der Waals surface area contributed by atoms with Crippen LogP contribution in [0.15, 0.2) is 0 Å². The van der Waals surface area contributed by atoms with Gasteiger partial charge in [0.05, 0.1) is 5.56 Å². The smallest absolute Gasteiger partial charge is 0.342 e. The summed E-state index contributed by atoms with van der Waals surface area (Å²) in [6.45, 7) is 5.09. The van der Waals surface area contributed by atoms with Crippen molar-refractivity contribution >= 4 is 34.0 Å². The standard InChI is InChI=1S/C15H19NO4S/c1-8-9(2)21-14(16-10(3)17)13(8)15(19)20-12-7-5-4-6-11(12)18/h12H,4-7H2,1-3H3,(H,16,17)/t12-/m1/s1. The second-order valence-corrected chi connectivity index (χ2v) is 6.50. The Kier molecular flexibility index (Phi) is 4.77. The van der Waals surface area contributed by atoms with E-state index in [1.807, 2.05) is 13.8 Å². The summed E-state index contributed by atoms with van der Waals surface area (Å²) in [7, 11) is 0. The molecule has 1 aliphatic rings. The van der Waals surface area contributed by atoms with Gasteiger partial charge in [-0.3, -0.25) is 9.59 Å². The van der Waals surface area contributed by atoms with Gasteiger partial charge in [0, 0.05) is 18.2 Å². The number of carbonyl (C=O) groups is 3. The predicted molar refractivity (Wildman–Crippen MR) is 80.8 cm³/mol.